The summed E-state index contributed by atoms with van der Waals surface area (Å²) in [6.07, 6.45) is 2.50. The van der Waals surface area contributed by atoms with Crippen molar-refractivity contribution < 1.29 is 21.6 Å². The van der Waals surface area contributed by atoms with Crippen molar-refractivity contribution in [1.29, 1.82) is 0 Å². The largest absolute Gasteiger partial charge is 0.494 e. The van der Waals surface area contributed by atoms with Crippen molar-refractivity contribution >= 4 is 20.0 Å². The van der Waals surface area contributed by atoms with Crippen molar-refractivity contribution in [2.45, 2.75) is 31.6 Å². The quantitative estimate of drug-likeness (QED) is 0.758. The molecule has 0 amide bonds. The van der Waals surface area contributed by atoms with Crippen molar-refractivity contribution in [3.63, 3.8) is 0 Å². The van der Waals surface area contributed by atoms with E-state index in [0.29, 0.717) is 44.8 Å². The summed E-state index contributed by atoms with van der Waals surface area (Å²) in [4.78, 5) is 0.210. The summed E-state index contributed by atoms with van der Waals surface area (Å²) >= 11 is 0. The van der Waals surface area contributed by atoms with Crippen LogP contribution in [0.4, 0.5) is 0 Å². The molecule has 9 heteroatoms. The molecule has 0 atom stereocenters. The molecule has 1 heterocycles. The van der Waals surface area contributed by atoms with E-state index in [0.717, 1.165) is 5.56 Å². The molecular weight excluding hydrogens is 364 g/mol. The van der Waals surface area contributed by atoms with Crippen LogP contribution in [0.15, 0.2) is 23.1 Å². The first-order chi connectivity index (χ1) is 11.6. The lowest BCUT2D eigenvalue weighted by Gasteiger charge is -2.30. The van der Waals surface area contributed by atoms with Gasteiger partial charge in [0, 0.05) is 19.6 Å². The minimum Gasteiger partial charge on any atom is -0.494 e. The smallest absolute Gasteiger partial charge is 0.240 e. The van der Waals surface area contributed by atoms with Gasteiger partial charge in [0.05, 0.1) is 17.8 Å². The highest BCUT2D eigenvalue weighted by Crippen LogP contribution is 2.23. The van der Waals surface area contributed by atoms with Crippen molar-refractivity contribution in [2.24, 2.45) is 5.92 Å². The summed E-state index contributed by atoms with van der Waals surface area (Å²) in [5.41, 5.74) is 0.770. The molecule has 25 heavy (non-hydrogen) atoms. The molecule has 0 aromatic heterocycles. The number of hydrogen-bond acceptors (Lipinski definition) is 5. The Bertz CT molecular complexity index is 798. The first-order valence-corrected chi connectivity index (χ1v) is 11.6. The second kappa shape index (κ2) is 8.03. The standard InChI is InChI=1S/C16H26N2O5S2/c1-4-23-16-6-5-15(11-13(16)2)25(21,22)17-12-14-7-9-18(10-8-14)24(3,19)20/h5-6,11,14,17H,4,7-10,12H2,1-3H3. The van der Waals surface area contributed by atoms with Gasteiger partial charge < -0.3 is 4.74 Å². The lowest BCUT2D eigenvalue weighted by Crippen LogP contribution is -2.41. The zero-order valence-corrected chi connectivity index (χ0v) is 16.5. The third-order valence-corrected chi connectivity index (χ3v) is 7.09. The lowest BCUT2D eigenvalue weighted by atomic mass is 9.99. The Labute approximate surface area is 150 Å². The van der Waals surface area contributed by atoms with Crippen molar-refractivity contribution in [3.8, 4) is 5.75 Å². The number of piperidine rings is 1. The van der Waals surface area contributed by atoms with Crippen molar-refractivity contribution in [3.05, 3.63) is 23.8 Å². The summed E-state index contributed by atoms with van der Waals surface area (Å²) < 4.78 is 57.4. The third-order valence-electron chi connectivity index (χ3n) is 4.36. The zero-order chi connectivity index (χ0) is 18.7. The average molecular weight is 391 g/mol. The van der Waals surface area contributed by atoms with E-state index in [1.54, 1.807) is 12.1 Å². The van der Waals surface area contributed by atoms with E-state index in [9.17, 15) is 16.8 Å². The maximum Gasteiger partial charge on any atom is 0.240 e. The van der Waals surface area contributed by atoms with Crippen LogP contribution in [-0.4, -0.2) is 53.6 Å². The molecule has 1 aliphatic rings. The molecule has 1 N–H and O–H groups in total. The van der Waals surface area contributed by atoms with Gasteiger partial charge in [-0.3, -0.25) is 0 Å². The highest BCUT2D eigenvalue weighted by atomic mass is 32.2. The van der Waals surface area contributed by atoms with Gasteiger partial charge in [-0.15, -0.1) is 0 Å². The molecular formula is C16H26N2O5S2. The fraction of sp³-hybridized carbons (Fsp3) is 0.625. The van der Waals surface area contributed by atoms with Gasteiger partial charge in [-0.2, -0.15) is 0 Å². The van der Waals surface area contributed by atoms with E-state index >= 15 is 0 Å². The lowest BCUT2D eigenvalue weighted by molar-refractivity contribution is 0.275. The van der Waals surface area contributed by atoms with E-state index in [1.165, 1.54) is 16.6 Å². The van der Waals surface area contributed by atoms with Crippen LogP contribution in [-0.2, 0) is 20.0 Å². The molecule has 0 spiro atoms. The number of aryl methyl sites for hydroxylation is 1. The van der Waals surface area contributed by atoms with Crippen LogP contribution < -0.4 is 9.46 Å². The van der Waals surface area contributed by atoms with E-state index in [4.69, 9.17) is 4.74 Å². The van der Waals surface area contributed by atoms with Gasteiger partial charge in [0.15, 0.2) is 0 Å². The van der Waals surface area contributed by atoms with Crippen LogP contribution in [0.2, 0.25) is 0 Å². The van der Waals surface area contributed by atoms with Gasteiger partial charge >= 0.3 is 0 Å². The molecule has 0 bridgehead atoms. The molecule has 0 unspecified atom stereocenters. The second-order valence-corrected chi connectivity index (χ2v) is 10.1. The van der Waals surface area contributed by atoms with Gasteiger partial charge in [0.25, 0.3) is 0 Å². The van der Waals surface area contributed by atoms with E-state index in [-0.39, 0.29) is 10.8 Å². The Kier molecular flexibility index (Phi) is 6.47. The summed E-state index contributed by atoms with van der Waals surface area (Å²) in [7, 11) is -6.76. The van der Waals surface area contributed by atoms with Crippen LogP contribution in [0.1, 0.15) is 25.3 Å². The number of sulfonamides is 2. The van der Waals surface area contributed by atoms with Crippen LogP contribution in [0, 0.1) is 12.8 Å². The SMILES string of the molecule is CCOc1ccc(S(=O)(=O)NCC2CCN(S(C)(=O)=O)CC2)cc1C. The molecule has 0 radical (unpaired) electrons. The molecule has 0 aliphatic carbocycles. The van der Waals surface area contributed by atoms with Crippen molar-refractivity contribution in [2.75, 3.05) is 32.5 Å². The van der Waals surface area contributed by atoms with Crippen molar-refractivity contribution in [1.82, 2.24) is 9.03 Å². The van der Waals surface area contributed by atoms with E-state index in [2.05, 4.69) is 4.72 Å². The van der Waals surface area contributed by atoms with Crippen LogP contribution >= 0.6 is 0 Å². The molecule has 1 aromatic carbocycles. The minimum atomic E-state index is -3.59. The van der Waals surface area contributed by atoms with E-state index in [1.807, 2.05) is 13.8 Å². The summed E-state index contributed by atoms with van der Waals surface area (Å²) in [5, 5.41) is 0. The van der Waals surface area contributed by atoms with Gasteiger partial charge in [0.2, 0.25) is 20.0 Å². The third kappa shape index (κ3) is 5.40. The van der Waals surface area contributed by atoms with Gasteiger partial charge in [-0.05, 0) is 56.4 Å². The maximum atomic E-state index is 12.5. The van der Waals surface area contributed by atoms with Gasteiger partial charge in [0.1, 0.15) is 5.75 Å². The Morgan fingerprint density at radius 2 is 1.84 bits per heavy atom. The predicted molar refractivity (Wildman–Crippen MR) is 96.7 cm³/mol. The molecule has 1 aliphatic heterocycles. The monoisotopic (exact) mass is 390 g/mol. The topological polar surface area (TPSA) is 92.8 Å². The summed E-state index contributed by atoms with van der Waals surface area (Å²) in [5.74, 6) is 0.811. The number of nitrogens with one attached hydrogen (secondary N) is 1. The Morgan fingerprint density at radius 1 is 1.20 bits per heavy atom. The highest BCUT2D eigenvalue weighted by molar-refractivity contribution is 7.89. The number of benzene rings is 1. The van der Waals surface area contributed by atoms with Gasteiger partial charge in [-0.25, -0.2) is 25.9 Å². The normalized spacial score (nSPS) is 17.6. The first-order valence-electron chi connectivity index (χ1n) is 8.31. The highest BCUT2D eigenvalue weighted by Gasteiger charge is 2.26. The molecule has 7 nitrogen and oxygen atoms in total. The first kappa shape index (κ1) is 20.2. The molecule has 2 rings (SSSR count). The number of nitrogens with zero attached hydrogens (tertiary/aromatic N) is 1. The molecule has 1 fully saturated rings. The van der Waals surface area contributed by atoms with Crippen LogP contribution in [0.25, 0.3) is 0 Å². The number of hydrogen-bond donors (Lipinski definition) is 1. The molecule has 0 saturated carbocycles. The number of ether oxygens (including phenoxy) is 1. The van der Waals surface area contributed by atoms with Crippen LogP contribution in [0.3, 0.4) is 0 Å². The fourth-order valence-electron chi connectivity index (χ4n) is 2.86. The second-order valence-electron chi connectivity index (χ2n) is 6.32. The minimum absolute atomic E-state index is 0.136. The zero-order valence-electron chi connectivity index (χ0n) is 14.9. The van der Waals surface area contributed by atoms with Gasteiger partial charge in [-0.1, -0.05) is 0 Å². The van der Waals surface area contributed by atoms with E-state index < -0.39 is 20.0 Å². The van der Waals surface area contributed by atoms with Crippen LogP contribution in [0.5, 0.6) is 5.75 Å². The number of rotatable bonds is 7. The summed E-state index contributed by atoms with van der Waals surface area (Å²) in [6, 6.07) is 4.80. The predicted octanol–water partition coefficient (Wildman–Crippen LogP) is 1.34. The Morgan fingerprint density at radius 3 is 2.36 bits per heavy atom. The molecule has 1 aromatic rings. The average Bonchev–Trinajstić information content (AvgIpc) is 2.54. The maximum absolute atomic E-state index is 12.5. The Hall–Kier alpha value is -1.16. The molecule has 142 valence electrons. The summed E-state index contributed by atoms with van der Waals surface area (Å²) in [6.45, 7) is 5.40. The molecule has 1 saturated heterocycles. The fourth-order valence-corrected chi connectivity index (χ4v) is 4.94. The Balaban J connectivity index is 1.95.